The van der Waals surface area contributed by atoms with E-state index in [1.807, 2.05) is 23.9 Å². The molecular weight excluding hydrogens is 182 g/mol. The number of hydrogen-bond acceptors (Lipinski definition) is 3. The maximum absolute atomic E-state index is 9.98. The molecule has 0 unspecified atom stereocenters. The lowest BCUT2D eigenvalue weighted by molar-refractivity contribution is 0.562. The van der Waals surface area contributed by atoms with Crippen molar-refractivity contribution in [2.24, 2.45) is 4.99 Å². The monoisotopic (exact) mass is 191 g/mol. The van der Waals surface area contributed by atoms with Crippen molar-refractivity contribution in [3.8, 4) is 0 Å². The molecule has 0 aliphatic carbocycles. The molecule has 0 aromatic heterocycles. The number of carbonyl (C=O) groups excluding carboxylic acids is 1. The average molecular weight is 191 g/mol. The Labute approximate surface area is 81.1 Å². The van der Waals surface area contributed by atoms with Gasteiger partial charge in [-0.2, -0.15) is 0 Å². The Bertz CT molecular complexity index is 369. The van der Waals surface area contributed by atoms with Gasteiger partial charge in [0.25, 0.3) is 0 Å². The summed E-state index contributed by atoms with van der Waals surface area (Å²) in [6, 6.07) is 6.20. The highest BCUT2D eigenvalue weighted by Gasteiger charge is 2.14. The van der Waals surface area contributed by atoms with Crippen molar-refractivity contribution in [2.75, 3.05) is 5.75 Å². The van der Waals surface area contributed by atoms with Gasteiger partial charge in [0.1, 0.15) is 0 Å². The van der Waals surface area contributed by atoms with Crippen LogP contribution in [0.1, 0.15) is 11.1 Å². The topological polar surface area (TPSA) is 29.4 Å². The summed E-state index contributed by atoms with van der Waals surface area (Å²) in [4.78, 5) is 14.9. The zero-order valence-corrected chi connectivity index (χ0v) is 7.93. The fourth-order valence-corrected chi connectivity index (χ4v) is 2.72. The van der Waals surface area contributed by atoms with Gasteiger partial charge in [-0.25, -0.2) is 9.79 Å². The molecule has 0 spiro atoms. The number of thioether (sulfide) groups is 1. The second-order valence-electron chi connectivity index (χ2n) is 2.91. The summed E-state index contributed by atoms with van der Waals surface area (Å²) in [5.41, 5.74) is 2.55. The predicted molar refractivity (Wildman–Crippen MR) is 52.7 cm³/mol. The van der Waals surface area contributed by atoms with E-state index in [1.54, 1.807) is 6.08 Å². The minimum Gasteiger partial charge on any atom is -0.211 e. The molecule has 0 amide bonds. The molecule has 1 heterocycles. The van der Waals surface area contributed by atoms with E-state index in [1.165, 1.54) is 10.5 Å². The number of aryl methyl sites for hydroxylation is 1. The summed E-state index contributed by atoms with van der Waals surface area (Å²) in [5, 5.41) is 0. The van der Waals surface area contributed by atoms with Gasteiger partial charge in [0.15, 0.2) is 0 Å². The van der Waals surface area contributed by atoms with Crippen LogP contribution in [0.15, 0.2) is 28.1 Å². The zero-order valence-electron chi connectivity index (χ0n) is 7.12. The molecule has 1 aromatic rings. The van der Waals surface area contributed by atoms with Crippen LogP contribution in [0.25, 0.3) is 0 Å². The summed E-state index contributed by atoms with van der Waals surface area (Å²) >= 11 is 1.86. The molecule has 0 bridgehead atoms. The predicted octanol–water partition coefficient (Wildman–Crippen LogP) is 2.17. The first-order valence-electron chi connectivity index (χ1n) is 4.19. The molecule has 0 atom stereocenters. The van der Waals surface area contributed by atoms with Crippen LogP contribution < -0.4 is 0 Å². The lowest BCUT2D eigenvalue weighted by Gasteiger charge is -2.02. The molecule has 13 heavy (non-hydrogen) atoms. The van der Waals surface area contributed by atoms with Gasteiger partial charge < -0.3 is 0 Å². The van der Waals surface area contributed by atoms with Crippen molar-refractivity contribution >= 4 is 17.8 Å². The van der Waals surface area contributed by atoms with Crippen molar-refractivity contribution in [1.82, 2.24) is 0 Å². The smallest absolute Gasteiger partial charge is 0.211 e. The third-order valence-electron chi connectivity index (χ3n) is 2.11. The highest BCUT2D eigenvalue weighted by Crippen LogP contribution is 2.34. The lowest BCUT2D eigenvalue weighted by Crippen LogP contribution is -1.87. The van der Waals surface area contributed by atoms with Gasteiger partial charge in [0.05, 0.1) is 6.54 Å². The first-order chi connectivity index (χ1) is 6.42. The van der Waals surface area contributed by atoms with Crippen molar-refractivity contribution < 1.29 is 4.79 Å². The lowest BCUT2D eigenvalue weighted by atomic mass is 10.1. The number of rotatable bonds is 2. The molecule has 66 valence electrons. The maximum atomic E-state index is 9.98. The Morgan fingerprint density at radius 2 is 2.46 bits per heavy atom. The second-order valence-corrected chi connectivity index (χ2v) is 4.02. The zero-order chi connectivity index (χ0) is 9.10. The Kier molecular flexibility index (Phi) is 2.48. The first kappa shape index (κ1) is 8.54. The molecule has 0 fully saturated rings. The standard InChI is InChI=1S/C10H9NOS/c12-7-11-6-9-3-1-2-8-4-5-13-10(8)9/h1-3H,4-6H2. The molecule has 1 aliphatic rings. The summed E-state index contributed by atoms with van der Waals surface area (Å²) in [7, 11) is 0. The average Bonchev–Trinajstić information content (AvgIpc) is 2.62. The van der Waals surface area contributed by atoms with Crippen LogP contribution in [0.5, 0.6) is 0 Å². The number of hydrogen-bond donors (Lipinski definition) is 0. The molecule has 2 nitrogen and oxygen atoms in total. The molecule has 0 radical (unpaired) electrons. The van der Waals surface area contributed by atoms with Gasteiger partial charge in [0, 0.05) is 10.6 Å². The van der Waals surface area contributed by atoms with E-state index in [0.717, 1.165) is 17.7 Å². The number of nitrogens with zero attached hydrogens (tertiary/aromatic N) is 1. The Balaban J connectivity index is 2.35. The fraction of sp³-hybridized carbons (Fsp3) is 0.300. The Hall–Kier alpha value is -1.05. The second kappa shape index (κ2) is 3.77. The molecule has 1 aromatic carbocycles. The Morgan fingerprint density at radius 1 is 1.54 bits per heavy atom. The number of fused-ring (bicyclic) bond motifs is 1. The van der Waals surface area contributed by atoms with Crippen LogP contribution in [0.2, 0.25) is 0 Å². The van der Waals surface area contributed by atoms with E-state index in [-0.39, 0.29) is 0 Å². The number of aliphatic imine (C=N–C) groups is 1. The fourth-order valence-electron chi connectivity index (χ4n) is 1.53. The normalized spacial score (nSPS) is 13.5. The van der Waals surface area contributed by atoms with Crippen LogP contribution >= 0.6 is 11.8 Å². The van der Waals surface area contributed by atoms with E-state index < -0.39 is 0 Å². The quantitative estimate of drug-likeness (QED) is 0.529. The third-order valence-corrected chi connectivity index (χ3v) is 3.33. The SMILES string of the molecule is O=C=NCc1cccc2c1SCC2. The van der Waals surface area contributed by atoms with E-state index in [4.69, 9.17) is 0 Å². The van der Waals surface area contributed by atoms with Gasteiger partial charge in [0.2, 0.25) is 6.08 Å². The van der Waals surface area contributed by atoms with Gasteiger partial charge >= 0.3 is 0 Å². The van der Waals surface area contributed by atoms with Crippen LogP contribution in [-0.2, 0) is 17.8 Å². The van der Waals surface area contributed by atoms with E-state index >= 15 is 0 Å². The van der Waals surface area contributed by atoms with E-state index in [9.17, 15) is 4.79 Å². The summed E-state index contributed by atoms with van der Waals surface area (Å²) in [5.74, 6) is 1.15. The van der Waals surface area contributed by atoms with Crippen molar-refractivity contribution in [1.29, 1.82) is 0 Å². The molecular formula is C10H9NOS. The summed E-state index contributed by atoms with van der Waals surface area (Å²) < 4.78 is 0. The third kappa shape index (κ3) is 1.67. The van der Waals surface area contributed by atoms with Crippen LogP contribution in [0, 0.1) is 0 Å². The number of benzene rings is 1. The minimum atomic E-state index is 0.472. The highest BCUT2D eigenvalue weighted by atomic mass is 32.2. The maximum Gasteiger partial charge on any atom is 0.235 e. The molecule has 0 N–H and O–H groups in total. The molecule has 0 saturated carbocycles. The van der Waals surface area contributed by atoms with E-state index in [0.29, 0.717) is 6.54 Å². The van der Waals surface area contributed by atoms with Crippen LogP contribution in [0.3, 0.4) is 0 Å². The number of isocyanates is 1. The van der Waals surface area contributed by atoms with Gasteiger partial charge in [-0.15, -0.1) is 11.8 Å². The van der Waals surface area contributed by atoms with Gasteiger partial charge in [-0.1, -0.05) is 18.2 Å². The van der Waals surface area contributed by atoms with Crippen LogP contribution in [-0.4, -0.2) is 11.8 Å². The molecule has 2 rings (SSSR count). The van der Waals surface area contributed by atoms with Gasteiger partial charge in [-0.3, -0.25) is 0 Å². The summed E-state index contributed by atoms with van der Waals surface area (Å²) in [6.07, 6.45) is 2.71. The van der Waals surface area contributed by atoms with E-state index in [2.05, 4.69) is 11.1 Å². The molecule has 1 aliphatic heterocycles. The molecule has 0 saturated heterocycles. The van der Waals surface area contributed by atoms with Crippen molar-refractivity contribution in [2.45, 2.75) is 17.9 Å². The largest absolute Gasteiger partial charge is 0.235 e. The first-order valence-corrected chi connectivity index (χ1v) is 5.17. The van der Waals surface area contributed by atoms with Crippen molar-refractivity contribution in [3.63, 3.8) is 0 Å². The summed E-state index contributed by atoms with van der Waals surface area (Å²) in [6.45, 7) is 0.472. The van der Waals surface area contributed by atoms with Gasteiger partial charge in [-0.05, 0) is 17.5 Å². The Morgan fingerprint density at radius 3 is 3.31 bits per heavy atom. The van der Waals surface area contributed by atoms with Crippen molar-refractivity contribution in [3.05, 3.63) is 29.3 Å². The highest BCUT2D eigenvalue weighted by molar-refractivity contribution is 7.99. The minimum absolute atomic E-state index is 0.472. The molecule has 3 heteroatoms. The van der Waals surface area contributed by atoms with Crippen LogP contribution in [0.4, 0.5) is 0 Å².